The molecule has 9 nitrogen and oxygen atoms in total. The highest BCUT2D eigenvalue weighted by molar-refractivity contribution is 5.70. The Balaban J connectivity index is 4.27. The van der Waals surface area contributed by atoms with Crippen LogP contribution in [-0.4, -0.2) is 82.3 Å². The third kappa shape index (κ3) is 47.7. The number of carbonyl (C=O) groups is 3. The molecule has 0 amide bonds. The number of esters is 2. The van der Waals surface area contributed by atoms with Crippen molar-refractivity contribution in [2.75, 3.05) is 47.5 Å². The zero-order valence-electron chi connectivity index (χ0n) is 42.7. The Bertz CT molecular complexity index is 1100. The number of carboxylic acids is 1. The van der Waals surface area contributed by atoms with E-state index in [1.165, 1.54) is 173 Å². The van der Waals surface area contributed by atoms with Crippen LogP contribution in [0.25, 0.3) is 0 Å². The van der Waals surface area contributed by atoms with E-state index in [2.05, 4.69) is 38.2 Å². The first kappa shape index (κ1) is 61.8. The van der Waals surface area contributed by atoms with Gasteiger partial charge in [-0.1, -0.05) is 218 Å². The number of aliphatic carboxylic acids is 1. The minimum Gasteiger partial charge on any atom is -0.545 e. The maximum absolute atomic E-state index is 12.8. The molecule has 0 spiro atoms. The van der Waals surface area contributed by atoms with Crippen molar-refractivity contribution in [3.63, 3.8) is 0 Å². The molecule has 0 radical (unpaired) electrons. The molecular weight excluding hydrogens is 803 g/mol. The summed E-state index contributed by atoms with van der Waals surface area (Å²) in [7, 11) is 5.92. The first-order chi connectivity index (χ1) is 31.1. The van der Waals surface area contributed by atoms with Crippen LogP contribution in [0.4, 0.5) is 0 Å². The summed E-state index contributed by atoms with van der Waals surface area (Å²) in [6.07, 6.45) is 50.7. The molecule has 0 fully saturated rings. The lowest BCUT2D eigenvalue weighted by atomic mass is 10.0. The van der Waals surface area contributed by atoms with Crippen LogP contribution in [0.1, 0.15) is 251 Å². The average Bonchev–Trinajstić information content (AvgIpc) is 3.26. The Kier molecular flexibility index (Phi) is 45.6. The zero-order valence-corrected chi connectivity index (χ0v) is 42.7. The summed E-state index contributed by atoms with van der Waals surface area (Å²) < 4.78 is 22.7. The summed E-state index contributed by atoms with van der Waals surface area (Å²) >= 11 is 0. The van der Waals surface area contributed by atoms with Gasteiger partial charge in [-0.05, 0) is 44.9 Å². The number of ether oxygens (including phenoxy) is 4. The molecule has 0 aromatic heterocycles. The molecule has 0 aromatic rings. The van der Waals surface area contributed by atoms with Crippen LogP contribution in [0.2, 0.25) is 0 Å². The second kappa shape index (κ2) is 47.3. The Morgan fingerprint density at radius 3 is 1.23 bits per heavy atom. The van der Waals surface area contributed by atoms with E-state index in [0.717, 1.165) is 44.9 Å². The number of hydrogen-bond donors (Lipinski definition) is 0. The van der Waals surface area contributed by atoms with Gasteiger partial charge in [-0.15, -0.1) is 0 Å². The molecule has 2 atom stereocenters. The molecule has 64 heavy (non-hydrogen) atoms. The molecule has 0 aliphatic carbocycles. The highest BCUT2D eigenvalue weighted by atomic mass is 16.7. The van der Waals surface area contributed by atoms with Crippen LogP contribution in [0.5, 0.6) is 0 Å². The molecule has 376 valence electrons. The van der Waals surface area contributed by atoms with Crippen molar-refractivity contribution in [3.05, 3.63) is 24.3 Å². The Hall–Kier alpha value is -2.23. The van der Waals surface area contributed by atoms with Crippen LogP contribution in [0, 0.1) is 0 Å². The first-order valence-corrected chi connectivity index (χ1v) is 27.0. The smallest absolute Gasteiger partial charge is 0.306 e. The SMILES string of the molecule is CCCCCCC/C=C\C/C=C\CCCCCCCCCCCCCC(=O)OC(COC(=O)CCCCCCCCCCCCCCCCCC)COC(OCC[N+](C)(C)C)C(=O)[O-]. The fraction of sp³-hybridized carbons (Fsp3) is 0.873. The Labute approximate surface area is 395 Å². The normalized spacial score (nSPS) is 13.0. The highest BCUT2D eigenvalue weighted by Gasteiger charge is 2.22. The lowest BCUT2D eigenvalue weighted by molar-refractivity contribution is -0.870. The van der Waals surface area contributed by atoms with Crippen LogP contribution in [0.15, 0.2) is 24.3 Å². The summed E-state index contributed by atoms with van der Waals surface area (Å²) in [5.41, 5.74) is 0. The van der Waals surface area contributed by atoms with Crippen molar-refractivity contribution in [2.45, 2.75) is 264 Å². The molecule has 0 saturated heterocycles. The van der Waals surface area contributed by atoms with Gasteiger partial charge in [0.25, 0.3) is 0 Å². The molecule has 0 aliphatic heterocycles. The lowest BCUT2D eigenvalue weighted by Gasteiger charge is -2.26. The first-order valence-electron chi connectivity index (χ1n) is 27.0. The van der Waals surface area contributed by atoms with Gasteiger partial charge in [-0.3, -0.25) is 9.59 Å². The van der Waals surface area contributed by atoms with Crippen molar-refractivity contribution in [2.24, 2.45) is 0 Å². The number of likely N-dealkylation sites (N-methyl/N-ethyl adjacent to an activating group) is 1. The number of carboxylic acid groups (broad SMARTS) is 1. The van der Waals surface area contributed by atoms with E-state index in [1.54, 1.807) is 0 Å². The number of quaternary nitrogens is 1. The third-order valence-corrected chi connectivity index (χ3v) is 12.0. The minimum absolute atomic E-state index is 0.150. The van der Waals surface area contributed by atoms with E-state index < -0.39 is 24.3 Å². The number of carbonyl (C=O) groups excluding carboxylic acids is 3. The van der Waals surface area contributed by atoms with Gasteiger partial charge in [0.15, 0.2) is 12.4 Å². The van der Waals surface area contributed by atoms with Crippen molar-refractivity contribution in [1.82, 2.24) is 0 Å². The Morgan fingerprint density at radius 1 is 0.469 bits per heavy atom. The van der Waals surface area contributed by atoms with Gasteiger partial charge in [0.05, 0.1) is 40.3 Å². The molecule has 0 rings (SSSR count). The van der Waals surface area contributed by atoms with Crippen LogP contribution in [-0.2, 0) is 33.3 Å². The third-order valence-electron chi connectivity index (χ3n) is 12.0. The predicted octanol–water partition coefficient (Wildman–Crippen LogP) is 13.8. The number of rotatable bonds is 50. The molecular formula is C55H103NO8. The second-order valence-electron chi connectivity index (χ2n) is 19.5. The molecule has 0 saturated carbocycles. The number of unbranched alkanes of at least 4 members (excludes halogenated alkanes) is 31. The average molecular weight is 906 g/mol. The molecule has 0 aliphatic rings. The maximum atomic E-state index is 12.8. The summed E-state index contributed by atoms with van der Waals surface area (Å²) in [6.45, 7) is 4.77. The predicted molar refractivity (Wildman–Crippen MR) is 265 cm³/mol. The lowest BCUT2D eigenvalue weighted by Crippen LogP contribution is -2.44. The summed E-state index contributed by atoms with van der Waals surface area (Å²) in [5.74, 6) is -2.27. The monoisotopic (exact) mass is 906 g/mol. The molecule has 9 heteroatoms. The topological polar surface area (TPSA) is 111 Å². The second-order valence-corrected chi connectivity index (χ2v) is 19.5. The fourth-order valence-corrected chi connectivity index (χ4v) is 7.74. The quantitative estimate of drug-likeness (QED) is 0.0195. The van der Waals surface area contributed by atoms with Crippen LogP contribution in [0.3, 0.4) is 0 Å². The largest absolute Gasteiger partial charge is 0.545 e. The van der Waals surface area contributed by atoms with E-state index in [9.17, 15) is 19.5 Å². The van der Waals surface area contributed by atoms with Crippen molar-refractivity contribution in [1.29, 1.82) is 0 Å². The van der Waals surface area contributed by atoms with Crippen molar-refractivity contribution >= 4 is 17.9 Å². The molecule has 2 unspecified atom stereocenters. The summed E-state index contributed by atoms with van der Waals surface area (Å²) in [5, 5.41) is 11.7. The van der Waals surface area contributed by atoms with Gasteiger partial charge in [0.2, 0.25) is 0 Å². The molecule has 0 N–H and O–H groups in total. The maximum Gasteiger partial charge on any atom is 0.306 e. The van der Waals surface area contributed by atoms with Crippen molar-refractivity contribution < 1.29 is 42.9 Å². The Morgan fingerprint density at radius 2 is 0.844 bits per heavy atom. The van der Waals surface area contributed by atoms with E-state index in [0.29, 0.717) is 23.9 Å². The van der Waals surface area contributed by atoms with E-state index in [1.807, 2.05) is 21.1 Å². The number of nitrogens with zero attached hydrogens (tertiary/aromatic N) is 1. The van der Waals surface area contributed by atoms with Gasteiger partial charge >= 0.3 is 11.9 Å². The van der Waals surface area contributed by atoms with E-state index in [-0.39, 0.29) is 32.2 Å². The van der Waals surface area contributed by atoms with Gasteiger partial charge < -0.3 is 33.3 Å². The molecule has 0 bridgehead atoms. The summed E-state index contributed by atoms with van der Waals surface area (Å²) in [6, 6.07) is 0. The zero-order chi connectivity index (χ0) is 47.0. The van der Waals surface area contributed by atoms with Crippen molar-refractivity contribution in [3.8, 4) is 0 Å². The van der Waals surface area contributed by atoms with Crippen LogP contribution < -0.4 is 5.11 Å². The molecule has 0 heterocycles. The molecule has 0 aromatic carbocycles. The summed E-state index contributed by atoms with van der Waals surface area (Å²) in [4.78, 5) is 37.2. The van der Waals surface area contributed by atoms with E-state index >= 15 is 0 Å². The van der Waals surface area contributed by atoms with Gasteiger partial charge in [0, 0.05) is 12.8 Å². The number of hydrogen-bond acceptors (Lipinski definition) is 8. The fourth-order valence-electron chi connectivity index (χ4n) is 7.74. The van der Waals surface area contributed by atoms with E-state index in [4.69, 9.17) is 18.9 Å². The number of allylic oxidation sites excluding steroid dienone is 4. The van der Waals surface area contributed by atoms with Gasteiger partial charge in [0.1, 0.15) is 13.2 Å². The standard InChI is InChI=1S/C55H103NO8/c1-6-8-10-12-14-16-18-20-22-24-25-26-27-28-29-30-32-34-36-38-40-42-44-46-53(58)64-51(50-63-55(54(59)60)61-48-47-56(3,4)5)49-62-52(57)45-43-41-39-37-35-33-31-23-21-19-17-15-13-11-9-7-2/h18,20,24-25,51,55H,6-17,19,21-23,26-50H2,1-5H3/b20-18-,25-24-. The van der Waals surface area contributed by atoms with Crippen LogP contribution >= 0.6 is 0 Å². The van der Waals surface area contributed by atoms with Gasteiger partial charge in [-0.25, -0.2) is 0 Å². The van der Waals surface area contributed by atoms with Gasteiger partial charge in [-0.2, -0.15) is 0 Å². The highest BCUT2D eigenvalue weighted by Crippen LogP contribution is 2.16. The minimum atomic E-state index is -1.62.